The highest BCUT2D eigenvalue weighted by Gasteiger charge is 2.34. The van der Waals surface area contributed by atoms with E-state index < -0.39 is 0 Å². The molecule has 2 heterocycles. The number of hydrogen-bond donors (Lipinski definition) is 0. The molecule has 0 fully saturated rings. The number of aryl methyl sites for hydroxylation is 1. The van der Waals surface area contributed by atoms with Gasteiger partial charge in [0.1, 0.15) is 18.1 Å². The molecule has 4 rings (SSSR count). The Kier molecular flexibility index (Phi) is 6.10. The van der Waals surface area contributed by atoms with Crippen LogP contribution < -0.4 is 9.47 Å². The van der Waals surface area contributed by atoms with Crippen LogP contribution in [0.2, 0.25) is 10.0 Å². The zero-order valence-corrected chi connectivity index (χ0v) is 21.1. The van der Waals surface area contributed by atoms with Crippen LogP contribution in [0.5, 0.6) is 11.5 Å². The van der Waals surface area contributed by atoms with Gasteiger partial charge in [0.2, 0.25) is 0 Å². The molecule has 1 aliphatic heterocycles. The van der Waals surface area contributed by atoms with Crippen LogP contribution in [0.1, 0.15) is 49.3 Å². The van der Waals surface area contributed by atoms with Gasteiger partial charge in [-0.05, 0) is 57.0 Å². The number of methoxy groups -OCH3 is 1. The van der Waals surface area contributed by atoms with Crippen LogP contribution in [0, 0.1) is 0 Å². The van der Waals surface area contributed by atoms with Crippen LogP contribution >= 0.6 is 23.2 Å². The van der Waals surface area contributed by atoms with Gasteiger partial charge in [-0.3, -0.25) is 4.79 Å². The van der Waals surface area contributed by atoms with Gasteiger partial charge in [-0.2, -0.15) is 5.10 Å². The standard InChI is InChI=1S/C25H27Cl2N3O3/c1-7-14-8-18-21(12-20(14)32-6)33-13-19-22(24(31)29(5)25(2,3)4)28-30(23(18)19)17-10-15(26)9-16(27)11-17/h8-12H,7,13H2,1-6H3. The quantitative estimate of drug-likeness (QED) is 0.440. The Morgan fingerprint density at radius 1 is 1.18 bits per heavy atom. The lowest BCUT2D eigenvalue weighted by molar-refractivity contribution is 0.0646. The number of carbonyl (C=O) groups is 1. The first kappa shape index (κ1) is 23.5. The average molecular weight is 488 g/mol. The van der Waals surface area contributed by atoms with E-state index >= 15 is 0 Å². The predicted octanol–water partition coefficient (Wildman–Crippen LogP) is 6.18. The van der Waals surface area contributed by atoms with Gasteiger partial charge in [-0.1, -0.05) is 30.1 Å². The van der Waals surface area contributed by atoms with E-state index in [-0.39, 0.29) is 18.1 Å². The van der Waals surface area contributed by atoms with Crippen molar-refractivity contribution in [3.8, 4) is 28.4 Å². The maximum Gasteiger partial charge on any atom is 0.274 e. The van der Waals surface area contributed by atoms with Gasteiger partial charge in [-0.15, -0.1) is 0 Å². The largest absolute Gasteiger partial charge is 0.496 e. The molecule has 3 aromatic rings. The van der Waals surface area contributed by atoms with Crippen LogP contribution in [0.4, 0.5) is 0 Å². The van der Waals surface area contributed by atoms with Crippen LogP contribution in [0.3, 0.4) is 0 Å². The van der Waals surface area contributed by atoms with Gasteiger partial charge < -0.3 is 14.4 Å². The topological polar surface area (TPSA) is 56.6 Å². The van der Waals surface area contributed by atoms with Crippen molar-refractivity contribution in [1.29, 1.82) is 0 Å². The summed E-state index contributed by atoms with van der Waals surface area (Å²) in [6.07, 6.45) is 0.779. The molecular weight excluding hydrogens is 461 g/mol. The van der Waals surface area contributed by atoms with Gasteiger partial charge in [0.25, 0.3) is 5.91 Å². The molecule has 0 radical (unpaired) electrons. The van der Waals surface area contributed by atoms with Gasteiger partial charge in [-0.25, -0.2) is 4.68 Å². The van der Waals surface area contributed by atoms with Crippen molar-refractivity contribution in [2.24, 2.45) is 0 Å². The second-order valence-corrected chi connectivity index (χ2v) is 9.93. The molecule has 0 N–H and O–H groups in total. The van der Waals surface area contributed by atoms with Crippen molar-refractivity contribution in [2.45, 2.75) is 46.3 Å². The summed E-state index contributed by atoms with van der Waals surface area (Å²) in [6.45, 7) is 8.23. The second kappa shape index (κ2) is 8.58. The third-order valence-corrected chi connectivity index (χ3v) is 6.42. The average Bonchev–Trinajstić information content (AvgIpc) is 3.15. The highest BCUT2D eigenvalue weighted by molar-refractivity contribution is 6.34. The van der Waals surface area contributed by atoms with Crippen molar-refractivity contribution in [3.63, 3.8) is 0 Å². The van der Waals surface area contributed by atoms with E-state index in [2.05, 4.69) is 6.92 Å². The number of fused-ring (bicyclic) bond motifs is 3. The first-order valence-corrected chi connectivity index (χ1v) is 11.5. The molecule has 0 aliphatic carbocycles. The van der Waals surface area contributed by atoms with Crippen molar-refractivity contribution < 1.29 is 14.3 Å². The molecule has 6 nitrogen and oxygen atoms in total. The van der Waals surface area contributed by atoms with Crippen molar-refractivity contribution in [2.75, 3.05) is 14.2 Å². The molecule has 0 saturated heterocycles. The third-order valence-electron chi connectivity index (χ3n) is 5.98. The zero-order chi connectivity index (χ0) is 24.1. The number of nitrogens with zero attached hydrogens (tertiary/aromatic N) is 3. The zero-order valence-electron chi connectivity index (χ0n) is 19.6. The molecule has 0 spiro atoms. The first-order chi connectivity index (χ1) is 15.5. The minimum atomic E-state index is -0.372. The van der Waals surface area contributed by atoms with E-state index in [9.17, 15) is 4.79 Å². The minimum absolute atomic E-state index is 0.179. The second-order valence-electron chi connectivity index (χ2n) is 9.05. The highest BCUT2D eigenvalue weighted by atomic mass is 35.5. The van der Waals surface area contributed by atoms with Gasteiger partial charge in [0, 0.05) is 39.8 Å². The molecule has 0 atom stereocenters. The van der Waals surface area contributed by atoms with E-state index in [1.54, 1.807) is 41.9 Å². The number of halogens is 2. The summed E-state index contributed by atoms with van der Waals surface area (Å²) in [4.78, 5) is 15.2. The molecule has 1 aromatic heterocycles. The Hall–Kier alpha value is -2.70. The molecule has 8 heteroatoms. The molecule has 174 valence electrons. The Morgan fingerprint density at radius 2 is 1.85 bits per heavy atom. The van der Waals surface area contributed by atoms with Gasteiger partial charge in [0.15, 0.2) is 5.69 Å². The molecule has 1 aliphatic rings. The Bertz CT molecular complexity index is 1220. The molecule has 33 heavy (non-hydrogen) atoms. The SMILES string of the molecule is CCc1cc2c(cc1OC)OCc1c(C(=O)N(C)C(C)(C)C)nn(-c3cc(Cl)cc(Cl)c3)c1-2. The Labute approximate surface area is 204 Å². The van der Waals surface area contributed by atoms with Crippen molar-refractivity contribution in [1.82, 2.24) is 14.7 Å². The normalized spacial score (nSPS) is 12.6. The molecule has 0 saturated carbocycles. The first-order valence-electron chi connectivity index (χ1n) is 10.8. The fourth-order valence-corrected chi connectivity index (χ4v) is 4.39. The number of ether oxygens (including phenoxy) is 2. The predicted molar refractivity (Wildman–Crippen MR) is 131 cm³/mol. The highest BCUT2D eigenvalue weighted by Crippen LogP contribution is 2.44. The monoisotopic (exact) mass is 487 g/mol. The summed E-state index contributed by atoms with van der Waals surface area (Å²) in [5.41, 5.74) is 4.04. The summed E-state index contributed by atoms with van der Waals surface area (Å²) in [5.74, 6) is 1.26. The van der Waals surface area contributed by atoms with Crippen molar-refractivity contribution in [3.05, 3.63) is 57.2 Å². The number of carbonyl (C=O) groups excluding carboxylic acids is 1. The maximum absolute atomic E-state index is 13.5. The van der Waals surface area contributed by atoms with Crippen LogP contribution in [-0.2, 0) is 13.0 Å². The van der Waals surface area contributed by atoms with Crippen LogP contribution in [-0.4, -0.2) is 40.3 Å². The lowest BCUT2D eigenvalue weighted by atomic mass is 9.97. The molecule has 0 bridgehead atoms. The smallest absolute Gasteiger partial charge is 0.274 e. The summed E-state index contributed by atoms with van der Waals surface area (Å²) in [5, 5.41) is 5.74. The van der Waals surface area contributed by atoms with Crippen molar-refractivity contribution >= 4 is 29.1 Å². The number of benzene rings is 2. The number of aromatic nitrogens is 2. The fraction of sp³-hybridized carbons (Fsp3) is 0.360. The number of rotatable bonds is 4. The molecule has 0 unspecified atom stereocenters. The lowest BCUT2D eigenvalue weighted by Gasteiger charge is -2.31. The van der Waals surface area contributed by atoms with E-state index in [0.717, 1.165) is 34.6 Å². The number of hydrogen-bond acceptors (Lipinski definition) is 4. The minimum Gasteiger partial charge on any atom is -0.496 e. The third kappa shape index (κ3) is 4.18. The Morgan fingerprint density at radius 3 is 2.42 bits per heavy atom. The maximum atomic E-state index is 13.5. The summed E-state index contributed by atoms with van der Waals surface area (Å²) in [7, 11) is 3.42. The summed E-state index contributed by atoms with van der Waals surface area (Å²) in [6, 6.07) is 9.16. The summed E-state index contributed by atoms with van der Waals surface area (Å²) < 4.78 is 13.4. The Balaban J connectivity index is 2.01. The van der Waals surface area contributed by atoms with E-state index in [0.29, 0.717) is 27.2 Å². The molecule has 2 aromatic carbocycles. The van der Waals surface area contributed by atoms with Crippen LogP contribution in [0.15, 0.2) is 30.3 Å². The fourth-order valence-electron chi connectivity index (χ4n) is 3.87. The van der Waals surface area contributed by atoms with Crippen LogP contribution in [0.25, 0.3) is 16.9 Å². The van der Waals surface area contributed by atoms with E-state index in [4.69, 9.17) is 37.8 Å². The number of amides is 1. The lowest BCUT2D eigenvalue weighted by Crippen LogP contribution is -2.43. The summed E-state index contributed by atoms with van der Waals surface area (Å²) >= 11 is 12.6. The van der Waals surface area contributed by atoms with Gasteiger partial charge >= 0.3 is 0 Å². The van der Waals surface area contributed by atoms with Gasteiger partial charge in [0.05, 0.1) is 18.5 Å². The van der Waals surface area contributed by atoms with E-state index in [1.807, 2.05) is 32.9 Å². The molecular formula is C25H27Cl2N3O3. The van der Waals surface area contributed by atoms with E-state index in [1.165, 1.54) is 0 Å². The molecule has 1 amide bonds.